The first kappa shape index (κ1) is 40.0. The first-order valence-corrected chi connectivity index (χ1v) is 14.7. The van der Waals surface area contributed by atoms with Crippen molar-refractivity contribution in [3.8, 4) is 23.0 Å². The van der Waals surface area contributed by atoms with E-state index in [0.717, 1.165) is 11.4 Å². The van der Waals surface area contributed by atoms with Crippen molar-refractivity contribution < 1.29 is 60.7 Å². The third-order valence-corrected chi connectivity index (χ3v) is 6.84. The molecule has 0 unspecified atom stereocenters. The van der Waals surface area contributed by atoms with Gasteiger partial charge in [0.25, 0.3) is 0 Å². The maximum atomic E-state index is 11.4. The number of rotatable bonds is 9. The second kappa shape index (κ2) is 20.2. The standard InChI is InChI=1S/C14H12N2.2C11H14O4.Pd/c1-3-7-13(8-4-1)15-11-12-16-14-9-5-2-6-10-14;2*1-3-6-5-8(12)10(13)9(11(14)15)7(6)4-2;/h1-12H;2*5,12-13H,3-4H2,1-2H3,(H,14,15);/q;;;+2/p-2. The summed E-state index contributed by atoms with van der Waals surface area (Å²) in [6, 6.07) is 22.3. The van der Waals surface area contributed by atoms with Crippen LogP contribution in [0.25, 0.3) is 0 Å². The number of nitrogens with zero attached hydrogens (tertiary/aromatic N) is 2. The molecule has 0 fully saturated rings. The summed E-state index contributed by atoms with van der Waals surface area (Å²) < 4.78 is 0. The van der Waals surface area contributed by atoms with Crippen molar-refractivity contribution in [1.29, 1.82) is 0 Å². The average Bonchev–Trinajstić information content (AvgIpc) is 3.06. The third-order valence-electron chi connectivity index (χ3n) is 6.84. The molecular formula is C36H38N2O8Pd. The molecule has 0 amide bonds. The number of benzene rings is 4. The van der Waals surface area contributed by atoms with Crippen molar-refractivity contribution in [3.05, 3.63) is 106 Å². The number of carboxylic acid groups (broad SMARTS) is 2. The summed E-state index contributed by atoms with van der Waals surface area (Å²) in [6.07, 6.45) is 5.53. The van der Waals surface area contributed by atoms with Crippen molar-refractivity contribution in [2.45, 2.75) is 53.4 Å². The van der Waals surface area contributed by atoms with Gasteiger partial charge in [-0.05, 0) is 84.3 Å². The minimum atomic E-state index is -1.28. The quantitative estimate of drug-likeness (QED) is 0.113. The summed E-state index contributed by atoms with van der Waals surface area (Å²) >= 11 is 0. The molecule has 0 aromatic heterocycles. The minimum absolute atomic E-state index is 0. The normalized spacial score (nSPS) is 10.4. The Kier molecular flexibility index (Phi) is 17.2. The van der Waals surface area contributed by atoms with E-state index in [-0.39, 0.29) is 31.5 Å². The van der Waals surface area contributed by atoms with Gasteiger partial charge in [0.1, 0.15) is 11.5 Å². The van der Waals surface area contributed by atoms with Crippen LogP contribution in [0.15, 0.2) is 82.8 Å². The first-order chi connectivity index (χ1) is 22.0. The van der Waals surface area contributed by atoms with E-state index in [0.29, 0.717) is 47.9 Å². The third kappa shape index (κ3) is 11.4. The number of carboxylic acids is 2. The Balaban J connectivity index is 0.000000349. The molecule has 0 aliphatic carbocycles. The topological polar surface area (TPSA) is 186 Å². The van der Waals surface area contributed by atoms with Gasteiger partial charge in [0.05, 0.1) is 22.5 Å². The number of aryl methyl sites for hydroxylation is 2. The van der Waals surface area contributed by atoms with Gasteiger partial charge in [-0.15, -0.1) is 0 Å². The number of hydrogen-bond acceptors (Lipinski definition) is 8. The molecule has 0 atom stereocenters. The number of phenolic OH excluding ortho intramolecular Hbond substituents is 2. The van der Waals surface area contributed by atoms with E-state index in [1.165, 1.54) is 12.1 Å². The predicted octanol–water partition coefficient (Wildman–Crippen LogP) is 6.37. The summed E-state index contributed by atoms with van der Waals surface area (Å²) in [5, 5.41) is 59.3. The van der Waals surface area contributed by atoms with Crippen molar-refractivity contribution in [3.63, 3.8) is 0 Å². The fourth-order valence-corrected chi connectivity index (χ4v) is 4.64. The number of aromatic hydroxyl groups is 2. The van der Waals surface area contributed by atoms with Gasteiger partial charge in [0.2, 0.25) is 0 Å². The summed E-state index contributed by atoms with van der Waals surface area (Å²) in [4.78, 5) is 30.3. The van der Waals surface area contributed by atoms with Crippen LogP contribution < -0.4 is 10.2 Å². The van der Waals surface area contributed by atoms with Gasteiger partial charge in [-0.2, -0.15) is 0 Å². The van der Waals surface area contributed by atoms with E-state index in [1.807, 2.05) is 74.5 Å². The molecule has 0 radical (unpaired) electrons. The summed E-state index contributed by atoms with van der Waals surface area (Å²) in [7, 11) is 0. The molecule has 10 nitrogen and oxygen atoms in total. The van der Waals surface area contributed by atoms with Gasteiger partial charge in [-0.25, -0.2) is 9.59 Å². The molecule has 0 heterocycles. The van der Waals surface area contributed by atoms with Gasteiger partial charge in [0.15, 0.2) is 0 Å². The van der Waals surface area contributed by atoms with E-state index in [9.17, 15) is 30.0 Å². The Morgan fingerprint density at radius 3 is 1.19 bits per heavy atom. The summed E-state index contributed by atoms with van der Waals surface area (Å²) in [5.41, 5.74) is 3.74. The molecule has 4 aromatic rings. The van der Waals surface area contributed by atoms with Crippen LogP contribution in [-0.2, 0) is 46.1 Å². The van der Waals surface area contributed by atoms with Crippen LogP contribution in [0.1, 0.15) is 70.7 Å². The largest absolute Gasteiger partial charge is 2.00 e. The number of aliphatic imine (C=N–C) groups is 2. The number of para-hydroxylation sites is 2. The monoisotopic (exact) mass is 732 g/mol. The zero-order valence-corrected chi connectivity index (χ0v) is 28.1. The van der Waals surface area contributed by atoms with Gasteiger partial charge >= 0.3 is 32.4 Å². The van der Waals surface area contributed by atoms with E-state index in [1.54, 1.807) is 26.3 Å². The molecule has 0 aliphatic rings. The minimum Gasteiger partial charge on any atom is -0.869 e. The van der Waals surface area contributed by atoms with E-state index in [4.69, 9.17) is 10.2 Å². The molecule has 4 aromatic carbocycles. The zero-order chi connectivity index (χ0) is 34.2. The van der Waals surface area contributed by atoms with Crippen molar-refractivity contribution >= 4 is 35.7 Å². The van der Waals surface area contributed by atoms with Crippen LogP contribution in [0.2, 0.25) is 0 Å². The van der Waals surface area contributed by atoms with E-state index < -0.39 is 34.9 Å². The van der Waals surface area contributed by atoms with Crippen LogP contribution in [0.5, 0.6) is 23.0 Å². The number of aromatic carboxylic acids is 2. The van der Waals surface area contributed by atoms with Crippen molar-refractivity contribution in [1.82, 2.24) is 0 Å². The predicted molar refractivity (Wildman–Crippen MR) is 176 cm³/mol. The number of carbonyl (C=O) groups is 2. The Bertz CT molecular complexity index is 1550. The Labute approximate surface area is 288 Å². The Morgan fingerprint density at radius 2 is 0.936 bits per heavy atom. The van der Waals surface area contributed by atoms with Crippen LogP contribution in [0, 0.1) is 0 Å². The van der Waals surface area contributed by atoms with Crippen LogP contribution in [0.4, 0.5) is 11.4 Å². The number of phenols is 2. The smallest absolute Gasteiger partial charge is 0.869 e. The molecule has 0 aliphatic heterocycles. The van der Waals surface area contributed by atoms with Crippen molar-refractivity contribution in [2.24, 2.45) is 9.98 Å². The molecule has 0 bridgehead atoms. The van der Waals surface area contributed by atoms with Crippen LogP contribution in [0.3, 0.4) is 0 Å². The van der Waals surface area contributed by atoms with Gasteiger partial charge < -0.3 is 30.6 Å². The molecule has 11 heteroatoms. The Hall–Kier alpha value is -4.98. The zero-order valence-electron chi connectivity index (χ0n) is 26.5. The molecule has 4 rings (SSSR count). The molecule has 0 spiro atoms. The van der Waals surface area contributed by atoms with Crippen LogP contribution >= 0.6 is 0 Å². The molecule has 0 saturated carbocycles. The molecule has 250 valence electrons. The van der Waals surface area contributed by atoms with E-state index in [2.05, 4.69) is 9.98 Å². The number of hydrogen-bond donors (Lipinski definition) is 4. The van der Waals surface area contributed by atoms with Gasteiger partial charge in [-0.1, -0.05) is 75.6 Å². The molecular weight excluding hydrogens is 695 g/mol. The average molecular weight is 733 g/mol. The van der Waals surface area contributed by atoms with Crippen molar-refractivity contribution in [2.75, 3.05) is 0 Å². The molecule has 4 N–H and O–H groups in total. The second-order valence-electron chi connectivity index (χ2n) is 9.73. The maximum Gasteiger partial charge on any atom is 2.00 e. The fourth-order valence-electron chi connectivity index (χ4n) is 4.64. The second-order valence-corrected chi connectivity index (χ2v) is 9.73. The molecule has 47 heavy (non-hydrogen) atoms. The summed E-state index contributed by atoms with van der Waals surface area (Å²) in [6.45, 7) is 7.28. The van der Waals surface area contributed by atoms with Gasteiger partial charge in [0, 0.05) is 12.4 Å². The summed E-state index contributed by atoms with van der Waals surface area (Å²) in [5.74, 6) is -5.11. The van der Waals surface area contributed by atoms with E-state index >= 15 is 0 Å². The SMILES string of the molecule is C(C=Nc1ccccc1)=Nc1ccccc1.CCc1cc(O)c([O-])c(C(=O)O)c1CC.CCc1cc(O)c([O-])c(C(=O)O)c1CC.[Pd+2]. The Morgan fingerprint density at radius 1 is 0.617 bits per heavy atom. The fraction of sp³-hybridized carbons (Fsp3) is 0.222. The van der Waals surface area contributed by atoms with Crippen LogP contribution in [-0.4, -0.2) is 44.8 Å². The first-order valence-electron chi connectivity index (χ1n) is 14.7. The maximum absolute atomic E-state index is 11.4. The molecule has 0 saturated heterocycles. The van der Waals surface area contributed by atoms with Gasteiger partial charge in [-0.3, -0.25) is 9.98 Å².